The van der Waals surface area contributed by atoms with E-state index in [0.29, 0.717) is 28.1 Å². The highest BCUT2D eigenvalue weighted by Crippen LogP contribution is 2.25. The monoisotopic (exact) mass is 410 g/mol. The first-order valence-electron chi connectivity index (χ1n) is 7.27. The van der Waals surface area contributed by atoms with Crippen molar-refractivity contribution in [2.45, 2.75) is 6.54 Å². The smallest absolute Gasteiger partial charge is 0.129 e. The van der Waals surface area contributed by atoms with Crippen LogP contribution in [0, 0.1) is 11.7 Å². The van der Waals surface area contributed by atoms with Gasteiger partial charge in [-0.15, -0.1) is 24.8 Å². The molecule has 1 saturated heterocycles. The Hall–Kier alpha value is -0.710. The third kappa shape index (κ3) is 5.40. The minimum absolute atomic E-state index is 0. The van der Waals surface area contributed by atoms with E-state index in [-0.39, 0.29) is 30.6 Å². The lowest BCUT2D eigenvalue weighted by Crippen LogP contribution is -2.48. The fourth-order valence-corrected chi connectivity index (χ4v) is 2.92. The Morgan fingerprint density at radius 2 is 1.75 bits per heavy atom. The number of hydrogen-bond acceptors (Lipinski definition) is 2. The average Bonchev–Trinajstić information content (AvgIpc) is 2.43. The molecule has 1 fully saturated rings. The number of anilines is 1. The van der Waals surface area contributed by atoms with Gasteiger partial charge in [-0.2, -0.15) is 0 Å². The lowest BCUT2D eigenvalue weighted by Gasteiger charge is -2.34. The zero-order chi connectivity index (χ0) is 15.5. The minimum Gasteiger partial charge on any atom is -0.367 e. The highest BCUT2D eigenvalue weighted by Gasteiger charge is 2.21. The summed E-state index contributed by atoms with van der Waals surface area (Å²) >= 11 is 11.9. The molecule has 0 spiro atoms. The van der Waals surface area contributed by atoms with Gasteiger partial charge in [0.15, 0.2) is 0 Å². The molecule has 1 aliphatic heterocycles. The van der Waals surface area contributed by atoms with Crippen LogP contribution in [0.2, 0.25) is 10.0 Å². The van der Waals surface area contributed by atoms with Crippen molar-refractivity contribution >= 4 is 53.7 Å². The molecule has 2 aromatic carbocycles. The quantitative estimate of drug-likeness (QED) is 0.726. The SMILES string of the molecule is Cl.Cl.Fc1cc(Cl)ccc1CN(CC1CNC1)c1cccc(Cl)c1. The van der Waals surface area contributed by atoms with Gasteiger partial charge >= 0.3 is 0 Å². The fourth-order valence-electron chi connectivity index (χ4n) is 2.58. The van der Waals surface area contributed by atoms with Gasteiger partial charge in [0.05, 0.1) is 0 Å². The summed E-state index contributed by atoms with van der Waals surface area (Å²) in [5, 5.41) is 4.37. The summed E-state index contributed by atoms with van der Waals surface area (Å²) in [5.41, 5.74) is 1.64. The molecule has 1 aliphatic rings. The summed E-state index contributed by atoms with van der Waals surface area (Å²) in [6.45, 7) is 3.37. The van der Waals surface area contributed by atoms with Crippen molar-refractivity contribution in [2.24, 2.45) is 5.92 Å². The molecule has 0 aliphatic carbocycles. The number of nitrogens with zero attached hydrogens (tertiary/aromatic N) is 1. The van der Waals surface area contributed by atoms with Gasteiger partial charge in [0.2, 0.25) is 0 Å². The Morgan fingerprint density at radius 3 is 2.33 bits per heavy atom. The van der Waals surface area contributed by atoms with E-state index in [1.807, 2.05) is 24.3 Å². The molecule has 0 saturated carbocycles. The molecule has 1 N–H and O–H groups in total. The second-order valence-electron chi connectivity index (χ2n) is 5.62. The van der Waals surface area contributed by atoms with Crippen molar-refractivity contribution in [2.75, 3.05) is 24.5 Å². The first kappa shape index (κ1) is 21.3. The van der Waals surface area contributed by atoms with Crippen molar-refractivity contribution in [3.63, 3.8) is 0 Å². The molecule has 0 bridgehead atoms. The molecular formula is C17H19Cl4FN2. The molecule has 7 heteroatoms. The average molecular weight is 412 g/mol. The van der Waals surface area contributed by atoms with Gasteiger partial charge in [-0.25, -0.2) is 4.39 Å². The molecule has 132 valence electrons. The van der Waals surface area contributed by atoms with Crippen LogP contribution >= 0.6 is 48.0 Å². The van der Waals surface area contributed by atoms with Crippen LogP contribution < -0.4 is 10.2 Å². The lowest BCUT2D eigenvalue weighted by molar-refractivity contribution is 0.347. The van der Waals surface area contributed by atoms with Crippen LogP contribution in [0.3, 0.4) is 0 Å². The van der Waals surface area contributed by atoms with Crippen molar-refractivity contribution in [1.29, 1.82) is 0 Å². The molecule has 1 heterocycles. The maximum absolute atomic E-state index is 14.1. The third-order valence-corrected chi connectivity index (χ3v) is 4.36. The minimum atomic E-state index is -0.272. The van der Waals surface area contributed by atoms with Crippen molar-refractivity contribution in [3.05, 3.63) is 63.9 Å². The van der Waals surface area contributed by atoms with E-state index in [4.69, 9.17) is 23.2 Å². The maximum atomic E-state index is 14.1. The summed E-state index contributed by atoms with van der Waals surface area (Å²) < 4.78 is 14.1. The number of hydrogen-bond donors (Lipinski definition) is 1. The number of nitrogens with one attached hydrogen (secondary N) is 1. The molecule has 0 amide bonds. The molecule has 0 atom stereocenters. The standard InChI is InChI=1S/C17H17Cl2FN2.2ClH/c18-14-2-1-3-16(6-14)22(10-12-8-21-9-12)11-13-4-5-15(19)7-17(13)20;;/h1-7,12,21H,8-11H2;2*1H. The topological polar surface area (TPSA) is 15.3 Å². The van der Waals surface area contributed by atoms with Gasteiger partial charge in [-0.3, -0.25) is 0 Å². The largest absolute Gasteiger partial charge is 0.367 e. The predicted octanol–water partition coefficient (Wildman–Crippen LogP) is 5.20. The van der Waals surface area contributed by atoms with Crippen LogP contribution in [-0.4, -0.2) is 19.6 Å². The molecule has 0 unspecified atom stereocenters. The summed E-state index contributed by atoms with van der Waals surface area (Å²) in [4.78, 5) is 2.17. The fraction of sp³-hybridized carbons (Fsp3) is 0.294. The Labute approximate surface area is 164 Å². The molecule has 24 heavy (non-hydrogen) atoms. The Kier molecular flexibility index (Phi) is 8.61. The Bertz CT molecular complexity index is 665. The van der Waals surface area contributed by atoms with Crippen LogP contribution in [0.5, 0.6) is 0 Å². The lowest BCUT2D eigenvalue weighted by atomic mass is 10.0. The van der Waals surface area contributed by atoms with Crippen LogP contribution in [0.15, 0.2) is 42.5 Å². The normalized spacial score (nSPS) is 13.5. The van der Waals surface area contributed by atoms with E-state index < -0.39 is 0 Å². The molecule has 0 radical (unpaired) electrons. The second-order valence-corrected chi connectivity index (χ2v) is 6.49. The van der Waals surface area contributed by atoms with Gasteiger partial charge in [0, 0.05) is 53.4 Å². The maximum Gasteiger partial charge on any atom is 0.129 e. The molecule has 3 rings (SSSR count). The van der Waals surface area contributed by atoms with E-state index in [0.717, 1.165) is 25.3 Å². The van der Waals surface area contributed by atoms with Gasteiger partial charge < -0.3 is 10.2 Å². The summed E-state index contributed by atoms with van der Waals surface area (Å²) in [6.07, 6.45) is 0. The van der Waals surface area contributed by atoms with E-state index in [1.54, 1.807) is 12.1 Å². The zero-order valence-corrected chi connectivity index (χ0v) is 16.0. The predicted molar refractivity (Wildman–Crippen MR) is 105 cm³/mol. The number of halogens is 5. The third-order valence-electron chi connectivity index (χ3n) is 3.89. The van der Waals surface area contributed by atoms with E-state index in [2.05, 4.69) is 10.2 Å². The highest BCUT2D eigenvalue weighted by molar-refractivity contribution is 6.31. The van der Waals surface area contributed by atoms with Crippen molar-refractivity contribution in [3.8, 4) is 0 Å². The zero-order valence-electron chi connectivity index (χ0n) is 12.8. The van der Waals surface area contributed by atoms with E-state index in [1.165, 1.54) is 6.07 Å². The van der Waals surface area contributed by atoms with Crippen LogP contribution in [0.25, 0.3) is 0 Å². The first-order valence-corrected chi connectivity index (χ1v) is 8.02. The van der Waals surface area contributed by atoms with Crippen LogP contribution in [0.4, 0.5) is 10.1 Å². The molecule has 2 nitrogen and oxygen atoms in total. The molecular weight excluding hydrogens is 393 g/mol. The van der Waals surface area contributed by atoms with Gasteiger partial charge in [0.1, 0.15) is 5.82 Å². The van der Waals surface area contributed by atoms with Crippen molar-refractivity contribution in [1.82, 2.24) is 5.32 Å². The van der Waals surface area contributed by atoms with Gasteiger partial charge in [0.25, 0.3) is 0 Å². The molecule has 0 aromatic heterocycles. The second kappa shape index (κ2) is 9.69. The summed E-state index contributed by atoms with van der Waals surface area (Å²) in [5.74, 6) is 0.306. The van der Waals surface area contributed by atoms with E-state index in [9.17, 15) is 4.39 Å². The van der Waals surface area contributed by atoms with Crippen molar-refractivity contribution < 1.29 is 4.39 Å². The van der Waals surface area contributed by atoms with Crippen LogP contribution in [-0.2, 0) is 6.54 Å². The summed E-state index contributed by atoms with van der Waals surface area (Å²) in [6, 6.07) is 12.5. The van der Waals surface area contributed by atoms with Crippen LogP contribution in [0.1, 0.15) is 5.56 Å². The number of rotatable bonds is 5. The number of benzene rings is 2. The molecule has 2 aromatic rings. The van der Waals surface area contributed by atoms with Gasteiger partial charge in [-0.1, -0.05) is 35.3 Å². The van der Waals surface area contributed by atoms with Gasteiger partial charge in [-0.05, 0) is 30.3 Å². The highest BCUT2D eigenvalue weighted by atomic mass is 35.5. The van der Waals surface area contributed by atoms with E-state index >= 15 is 0 Å². The Morgan fingerprint density at radius 1 is 1.04 bits per heavy atom. The first-order chi connectivity index (χ1) is 10.6. The summed E-state index contributed by atoms with van der Waals surface area (Å²) in [7, 11) is 0. The Balaban J connectivity index is 0.00000144.